The number of hydrogen-bond acceptors (Lipinski definition) is 5. The largest absolute Gasteiger partial charge is 0.462 e. The van der Waals surface area contributed by atoms with Crippen molar-refractivity contribution < 1.29 is 37.0 Å². The van der Waals surface area contributed by atoms with Crippen LogP contribution in [0.2, 0.25) is 5.02 Å². The molecular formula is C20H20ClF3N2O5. The lowest BCUT2D eigenvalue weighted by atomic mass is 10.1. The molecule has 0 saturated carbocycles. The highest BCUT2D eigenvalue weighted by Gasteiger charge is 2.32. The number of esters is 2. The molecule has 168 valence electrons. The van der Waals surface area contributed by atoms with Gasteiger partial charge in [-0.15, -0.1) is 0 Å². The Bertz CT molecular complexity index is 1020. The number of aromatic amines is 1. The van der Waals surface area contributed by atoms with Gasteiger partial charge in [0.15, 0.2) is 6.10 Å². The molecule has 1 atom stereocenters. The number of anilines is 1. The van der Waals surface area contributed by atoms with Crippen molar-refractivity contribution in [2.24, 2.45) is 0 Å². The summed E-state index contributed by atoms with van der Waals surface area (Å²) in [5.74, 6) is -2.42. The van der Waals surface area contributed by atoms with E-state index in [1.54, 1.807) is 13.8 Å². The number of aromatic nitrogens is 1. The number of benzene rings is 1. The number of nitrogens with one attached hydrogen (secondary N) is 2. The molecule has 0 radical (unpaired) electrons. The summed E-state index contributed by atoms with van der Waals surface area (Å²) in [6.07, 6.45) is -5.99. The number of carbonyl (C=O) groups is 3. The van der Waals surface area contributed by atoms with Gasteiger partial charge in [-0.2, -0.15) is 13.2 Å². The van der Waals surface area contributed by atoms with Crippen LogP contribution in [0.4, 0.5) is 18.9 Å². The standard InChI is InChI=1S/C20H20ClF3N2O5/c1-5-30-18(28)15-9(2)16(25-10(15)3)19(29)31-11(4)17(27)26-14-8-12(20(22,23)24)6-7-13(14)21/h6-8,11,25H,5H2,1-4H3,(H,26,27)/t11-/m1/s1. The minimum absolute atomic E-state index is 0.0442. The molecule has 0 aliphatic carbocycles. The van der Waals surface area contributed by atoms with E-state index in [0.29, 0.717) is 11.8 Å². The van der Waals surface area contributed by atoms with Crippen molar-refractivity contribution in [3.8, 4) is 0 Å². The highest BCUT2D eigenvalue weighted by molar-refractivity contribution is 6.33. The monoisotopic (exact) mass is 460 g/mol. The van der Waals surface area contributed by atoms with Crippen LogP contribution >= 0.6 is 11.6 Å². The highest BCUT2D eigenvalue weighted by Crippen LogP contribution is 2.34. The van der Waals surface area contributed by atoms with Crippen LogP contribution in [0.1, 0.15) is 51.5 Å². The lowest BCUT2D eigenvalue weighted by molar-refractivity contribution is -0.137. The SMILES string of the molecule is CCOC(=O)c1c(C)[nH]c(C(=O)O[C@H](C)C(=O)Nc2cc(C(F)(F)F)ccc2Cl)c1C. The minimum atomic E-state index is -4.62. The molecule has 31 heavy (non-hydrogen) atoms. The number of H-pyrrole nitrogens is 1. The molecule has 0 bridgehead atoms. The summed E-state index contributed by atoms with van der Waals surface area (Å²) in [6.45, 7) is 6.12. The van der Waals surface area contributed by atoms with E-state index in [9.17, 15) is 27.6 Å². The van der Waals surface area contributed by atoms with Gasteiger partial charge in [-0.1, -0.05) is 11.6 Å². The van der Waals surface area contributed by atoms with E-state index in [4.69, 9.17) is 21.1 Å². The second-order valence-corrected chi connectivity index (χ2v) is 6.98. The quantitative estimate of drug-likeness (QED) is 0.611. The number of aryl methyl sites for hydroxylation is 1. The molecule has 1 aromatic carbocycles. The zero-order valence-electron chi connectivity index (χ0n) is 17.1. The second-order valence-electron chi connectivity index (χ2n) is 6.57. The molecule has 0 unspecified atom stereocenters. The van der Waals surface area contributed by atoms with Crippen molar-refractivity contribution in [2.45, 2.75) is 40.0 Å². The molecule has 11 heteroatoms. The van der Waals surface area contributed by atoms with E-state index in [0.717, 1.165) is 12.1 Å². The van der Waals surface area contributed by atoms with Crippen LogP contribution in [0.3, 0.4) is 0 Å². The molecule has 1 aromatic heterocycles. The van der Waals surface area contributed by atoms with Crippen LogP contribution in [0.5, 0.6) is 0 Å². The van der Waals surface area contributed by atoms with Gasteiger partial charge in [0.1, 0.15) is 5.69 Å². The fourth-order valence-corrected chi connectivity index (χ4v) is 2.93. The number of amides is 1. The fourth-order valence-electron chi connectivity index (χ4n) is 2.77. The van der Waals surface area contributed by atoms with Crippen molar-refractivity contribution in [1.82, 2.24) is 4.98 Å². The molecule has 2 N–H and O–H groups in total. The first-order valence-corrected chi connectivity index (χ1v) is 9.49. The molecule has 0 saturated heterocycles. The number of carbonyl (C=O) groups excluding carboxylic acids is 3. The van der Waals surface area contributed by atoms with Crippen molar-refractivity contribution >= 4 is 35.1 Å². The molecule has 1 amide bonds. The van der Waals surface area contributed by atoms with Crippen molar-refractivity contribution in [3.63, 3.8) is 0 Å². The van der Waals surface area contributed by atoms with Gasteiger partial charge in [0, 0.05) is 5.69 Å². The molecular weight excluding hydrogens is 441 g/mol. The second kappa shape index (κ2) is 9.42. The number of halogens is 4. The first-order valence-electron chi connectivity index (χ1n) is 9.11. The molecule has 2 aromatic rings. The predicted octanol–water partition coefficient (Wildman–Crippen LogP) is 4.66. The maximum atomic E-state index is 12.9. The Morgan fingerprint density at radius 1 is 1.19 bits per heavy atom. The summed E-state index contributed by atoms with van der Waals surface area (Å²) in [5.41, 5.74) is -0.467. The zero-order valence-corrected chi connectivity index (χ0v) is 17.8. The third kappa shape index (κ3) is 5.57. The molecule has 0 aliphatic rings. The van der Waals surface area contributed by atoms with E-state index in [1.165, 1.54) is 13.8 Å². The predicted molar refractivity (Wildman–Crippen MR) is 106 cm³/mol. The number of hydrogen-bond donors (Lipinski definition) is 2. The molecule has 7 nitrogen and oxygen atoms in total. The average Bonchev–Trinajstić information content (AvgIpc) is 2.97. The van der Waals surface area contributed by atoms with Crippen LogP contribution in [-0.2, 0) is 20.4 Å². The zero-order chi connectivity index (χ0) is 23.5. The first-order chi connectivity index (χ1) is 14.4. The van der Waals surface area contributed by atoms with Crippen LogP contribution in [0.25, 0.3) is 0 Å². The Morgan fingerprint density at radius 3 is 2.42 bits per heavy atom. The Morgan fingerprint density at radius 2 is 1.84 bits per heavy atom. The van der Waals surface area contributed by atoms with Crippen molar-refractivity contribution in [3.05, 3.63) is 51.3 Å². The molecule has 0 fully saturated rings. The van der Waals surface area contributed by atoms with Gasteiger partial charge in [0.2, 0.25) is 0 Å². The summed E-state index contributed by atoms with van der Waals surface area (Å²) in [4.78, 5) is 39.6. The normalized spacial score (nSPS) is 12.3. The van der Waals surface area contributed by atoms with Gasteiger partial charge in [-0.05, 0) is 51.5 Å². The molecule has 2 rings (SSSR count). The van der Waals surface area contributed by atoms with Crippen LogP contribution in [0, 0.1) is 13.8 Å². The van der Waals surface area contributed by atoms with Crippen LogP contribution < -0.4 is 5.32 Å². The maximum absolute atomic E-state index is 12.9. The Labute approximate surface area is 180 Å². The van der Waals surface area contributed by atoms with Crippen molar-refractivity contribution in [2.75, 3.05) is 11.9 Å². The van der Waals surface area contributed by atoms with Gasteiger partial charge in [0.25, 0.3) is 5.91 Å². The Balaban J connectivity index is 2.15. The van der Waals surface area contributed by atoms with Gasteiger partial charge >= 0.3 is 18.1 Å². The summed E-state index contributed by atoms with van der Waals surface area (Å²) >= 11 is 5.85. The number of rotatable bonds is 6. The summed E-state index contributed by atoms with van der Waals surface area (Å²) < 4.78 is 48.7. The lowest BCUT2D eigenvalue weighted by Crippen LogP contribution is -2.30. The minimum Gasteiger partial charge on any atom is -0.462 e. The van der Waals surface area contributed by atoms with Gasteiger partial charge in [-0.25, -0.2) is 9.59 Å². The van der Waals surface area contributed by atoms with E-state index in [2.05, 4.69) is 10.3 Å². The third-order valence-corrected chi connectivity index (χ3v) is 4.66. The van der Waals surface area contributed by atoms with Crippen molar-refractivity contribution in [1.29, 1.82) is 0 Å². The summed E-state index contributed by atoms with van der Waals surface area (Å²) in [7, 11) is 0. The van der Waals surface area contributed by atoms with E-state index < -0.39 is 35.7 Å². The molecule has 0 aliphatic heterocycles. The molecule has 0 spiro atoms. The topological polar surface area (TPSA) is 97.5 Å². The van der Waals surface area contributed by atoms with E-state index in [1.807, 2.05) is 0 Å². The van der Waals surface area contributed by atoms with Gasteiger partial charge in [0.05, 0.1) is 28.4 Å². The van der Waals surface area contributed by atoms with Crippen LogP contribution in [0.15, 0.2) is 18.2 Å². The van der Waals surface area contributed by atoms with Gasteiger partial charge in [-0.3, -0.25) is 4.79 Å². The average molecular weight is 461 g/mol. The first kappa shape index (κ1) is 24.3. The fraction of sp³-hybridized carbons (Fsp3) is 0.350. The Hall–Kier alpha value is -3.01. The lowest BCUT2D eigenvalue weighted by Gasteiger charge is -2.15. The third-order valence-electron chi connectivity index (χ3n) is 4.33. The highest BCUT2D eigenvalue weighted by atomic mass is 35.5. The molecule has 1 heterocycles. The maximum Gasteiger partial charge on any atom is 0.416 e. The van der Waals surface area contributed by atoms with E-state index in [-0.39, 0.29) is 34.1 Å². The van der Waals surface area contributed by atoms with E-state index >= 15 is 0 Å². The van der Waals surface area contributed by atoms with Gasteiger partial charge < -0.3 is 19.8 Å². The summed E-state index contributed by atoms with van der Waals surface area (Å²) in [6, 6.07) is 2.45. The summed E-state index contributed by atoms with van der Waals surface area (Å²) in [5, 5.41) is 2.10. The number of ether oxygens (including phenoxy) is 2. The van der Waals surface area contributed by atoms with Crippen LogP contribution in [-0.4, -0.2) is 35.5 Å². The Kier molecular flexibility index (Phi) is 7.37. The smallest absolute Gasteiger partial charge is 0.416 e. The number of alkyl halides is 3.